The summed E-state index contributed by atoms with van der Waals surface area (Å²) in [5.41, 5.74) is 2.15. The number of fused-ring (bicyclic) bond motifs is 3. The van der Waals surface area contributed by atoms with E-state index >= 15 is 0 Å². The van der Waals surface area contributed by atoms with Crippen LogP contribution in [0.2, 0.25) is 0 Å². The first kappa shape index (κ1) is 22.6. The monoisotopic (exact) mass is 460 g/mol. The lowest BCUT2D eigenvalue weighted by Crippen LogP contribution is -2.35. The van der Waals surface area contributed by atoms with E-state index in [1.165, 1.54) is 20.0 Å². The minimum Gasteiger partial charge on any atom is -0.496 e. The van der Waals surface area contributed by atoms with Crippen LogP contribution >= 0.6 is 0 Å². The van der Waals surface area contributed by atoms with E-state index in [1.54, 1.807) is 24.3 Å². The van der Waals surface area contributed by atoms with Gasteiger partial charge in [-0.05, 0) is 48.3 Å². The lowest BCUT2D eigenvalue weighted by molar-refractivity contribution is 0.0992. The van der Waals surface area contributed by atoms with E-state index < -0.39 is 5.91 Å². The van der Waals surface area contributed by atoms with Crippen LogP contribution in [-0.2, 0) is 6.67 Å². The number of aromatic nitrogens is 1. The van der Waals surface area contributed by atoms with Crippen molar-refractivity contribution in [2.75, 3.05) is 13.7 Å². The smallest absolute Gasteiger partial charge is 0.299 e. The van der Waals surface area contributed by atoms with Gasteiger partial charge in [0.2, 0.25) is 5.88 Å². The van der Waals surface area contributed by atoms with Gasteiger partial charge in [0.1, 0.15) is 5.75 Å². The highest BCUT2D eigenvalue weighted by Crippen LogP contribution is 2.53. The molecule has 178 valence electrons. The van der Waals surface area contributed by atoms with Gasteiger partial charge >= 0.3 is 0 Å². The SMILES string of the molecule is COc1ccccc1C(=O)N=Nc1c(O)n(CN2C[C@]3(C)CC2CC(C)(C)C3)c2ccccc12. The molecule has 1 aliphatic carbocycles. The van der Waals surface area contributed by atoms with Crippen molar-refractivity contribution >= 4 is 22.5 Å². The number of carbonyl (C=O) groups is 1. The average Bonchev–Trinajstić information content (AvgIpc) is 3.20. The molecule has 2 aromatic carbocycles. The first-order chi connectivity index (χ1) is 16.2. The highest BCUT2D eigenvalue weighted by atomic mass is 16.5. The summed E-state index contributed by atoms with van der Waals surface area (Å²) in [6.07, 6.45) is 3.56. The lowest BCUT2D eigenvalue weighted by atomic mass is 9.65. The van der Waals surface area contributed by atoms with Gasteiger partial charge in [0.15, 0.2) is 5.69 Å². The highest BCUT2D eigenvalue weighted by molar-refractivity contribution is 5.98. The molecule has 1 N–H and O–H groups in total. The summed E-state index contributed by atoms with van der Waals surface area (Å²) < 4.78 is 7.16. The zero-order chi connectivity index (χ0) is 24.1. The summed E-state index contributed by atoms with van der Waals surface area (Å²) in [4.78, 5) is 15.2. The number of methoxy groups -OCH3 is 1. The summed E-state index contributed by atoms with van der Waals surface area (Å²) >= 11 is 0. The molecule has 0 spiro atoms. The summed E-state index contributed by atoms with van der Waals surface area (Å²) in [6, 6.07) is 15.1. The zero-order valence-electron chi connectivity index (χ0n) is 20.3. The second kappa shape index (κ2) is 8.24. The molecule has 7 heteroatoms. The molecule has 7 nitrogen and oxygen atoms in total. The number of carbonyl (C=O) groups excluding carboxylic acids is 1. The van der Waals surface area contributed by atoms with E-state index in [-0.39, 0.29) is 5.88 Å². The van der Waals surface area contributed by atoms with E-state index in [2.05, 4.69) is 35.9 Å². The molecule has 2 bridgehead atoms. The van der Waals surface area contributed by atoms with Crippen molar-refractivity contribution < 1.29 is 14.6 Å². The molecule has 1 amide bonds. The van der Waals surface area contributed by atoms with Gasteiger partial charge in [-0.25, -0.2) is 0 Å². The Balaban J connectivity index is 1.47. The number of amides is 1. The van der Waals surface area contributed by atoms with Crippen LogP contribution in [-0.4, -0.2) is 40.2 Å². The largest absolute Gasteiger partial charge is 0.496 e. The van der Waals surface area contributed by atoms with Crippen LogP contribution in [0.4, 0.5) is 5.69 Å². The van der Waals surface area contributed by atoms with Crippen LogP contribution < -0.4 is 4.74 Å². The van der Waals surface area contributed by atoms with E-state index in [0.29, 0.717) is 40.5 Å². The Kier molecular flexibility index (Phi) is 5.47. The van der Waals surface area contributed by atoms with Crippen LogP contribution in [0.5, 0.6) is 11.6 Å². The van der Waals surface area contributed by atoms with E-state index in [4.69, 9.17) is 4.74 Å². The summed E-state index contributed by atoms with van der Waals surface area (Å²) in [7, 11) is 1.51. The Morgan fingerprint density at radius 2 is 1.85 bits per heavy atom. The molecule has 3 aromatic rings. The van der Waals surface area contributed by atoms with Crippen molar-refractivity contribution in [3.8, 4) is 11.6 Å². The minimum atomic E-state index is -0.517. The van der Waals surface area contributed by atoms with Crippen LogP contribution in [0, 0.1) is 10.8 Å². The van der Waals surface area contributed by atoms with Gasteiger partial charge < -0.3 is 9.84 Å². The second-order valence-electron chi connectivity index (χ2n) is 10.9. The predicted octanol–water partition coefficient (Wildman–Crippen LogP) is 6.14. The summed E-state index contributed by atoms with van der Waals surface area (Å²) in [5, 5.41) is 20.1. The standard InChI is InChI=1S/C27H32N4O3/c1-26(2)13-18-14-27(3,15-26)16-30(18)17-31-21-11-7-5-9-19(21)23(25(31)33)28-29-24(32)20-10-6-8-12-22(20)34-4/h5-12,18,33H,13-17H2,1-4H3/t18?,27-/m1/s1. The van der Waals surface area contributed by atoms with Crippen molar-refractivity contribution in [1.82, 2.24) is 9.47 Å². The third-order valence-electron chi connectivity index (χ3n) is 7.34. The molecule has 2 heterocycles. The zero-order valence-corrected chi connectivity index (χ0v) is 20.3. The number of azo groups is 1. The fourth-order valence-electron chi connectivity index (χ4n) is 6.41. The average molecular weight is 461 g/mol. The van der Waals surface area contributed by atoms with Gasteiger partial charge in [0, 0.05) is 18.0 Å². The van der Waals surface area contributed by atoms with Crippen molar-refractivity contribution in [2.24, 2.45) is 21.1 Å². The molecular weight excluding hydrogens is 428 g/mol. The van der Waals surface area contributed by atoms with Gasteiger partial charge in [-0.2, -0.15) is 0 Å². The molecule has 0 radical (unpaired) electrons. The quantitative estimate of drug-likeness (QED) is 0.464. The summed E-state index contributed by atoms with van der Waals surface area (Å²) in [5.74, 6) is -0.0458. The van der Waals surface area contributed by atoms with Crippen LogP contribution in [0.3, 0.4) is 0 Å². The molecule has 2 atom stereocenters. The maximum atomic E-state index is 12.7. The molecule has 34 heavy (non-hydrogen) atoms. The predicted molar refractivity (Wildman–Crippen MR) is 132 cm³/mol. The molecule has 2 aliphatic rings. The maximum Gasteiger partial charge on any atom is 0.299 e. The van der Waals surface area contributed by atoms with Crippen molar-refractivity contribution in [2.45, 2.75) is 52.7 Å². The maximum absolute atomic E-state index is 12.7. The normalized spacial score (nSPS) is 24.2. The molecule has 2 fully saturated rings. The lowest BCUT2D eigenvalue weighted by Gasteiger charge is -2.40. The highest BCUT2D eigenvalue weighted by Gasteiger charge is 2.49. The molecule has 5 rings (SSSR count). The van der Waals surface area contributed by atoms with Gasteiger partial charge in [0.05, 0.1) is 24.9 Å². The Hall–Kier alpha value is -3.19. The third-order valence-corrected chi connectivity index (χ3v) is 7.34. The number of benzene rings is 2. The van der Waals surface area contributed by atoms with Gasteiger partial charge in [-0.3, -0.25) is 14.3 Å². The number of para-hydroxylation sites is 2. The van der Waals surface area contributed by atoms with Gasteiger partial charge in [0.25, 0.3) is 5.91 Å². The second-order valence-corrected chi connectivity index (χ2v) is 10.9. The number of ether oxygens (including phenoxy) is 1. The van der Waals surface area contributed by atoms with Crippen LogP contribution in [0.25, 0.3) is 10.9 Å². The number of aromatic hydroxyl groups is 1. The van der Waals surface area contributed by atoms with Crippen molar-refractivity contribution in [3.63, 3.8) is 0 Å². The fraction of sp³-hybridized carbons (Fsp3) is 0.444. The molecule has 1 unspecified atom stereocenters. The Morgan fingerprint density at radius 1 is 1.12 bits per heavy atom. The molecule has 1 aromatic heterocycles. The summed E-state index contributed by atoms with van der Waals surface area (Å²) in [6.45, 7) is 8.70. The van der Waals surface area contributed by atoms with Gasteiger partial charge in [-0.15, -0.1) is 10.2 Å². The number of likely N-dealkylation sites (tertiary alicyclic amines) is 1. The number of hydrogen-bond acceptors (Lipinski definition) is 5. The number of rotatable bonds is 5. The van der Waals surface area contributed by atoms with E-state index in [1.807, 2.05) is 28.8 Å². The Bertz CT molecular complexity index is 1280. The molecule has 1 saturated heterocycles. The van der Waals surface area contributed by atoms with Crippen molar-refractivity contribution in [3.05, 3.63) is 54.1 Å². The van der Waals surface area contributed by atoms with Crippen molar-refractivity contribution in [1.29, 1.82) is 0 Å². The third kappa shape index (κ3) is 3.98. The van der Waals surface area contributed by atoms with E-state index in [0.717, 1.165) is 23.9 Å². The van der Waals surface area contributed by atoms with E-state index in [9.17, 15) is 9.90 Å². The first-order valence-corrected chi connectivity index (χ1v) is 11.8. The fourth-order valence-corrected chi connectivity index (χ4v) is 6.41. The Morgan fingerprint density at radius 3 is 2.65 bits per heavy atom. The number of hydrogen-bond donors (Lipinski definition) is 1. The van der Waals surface area contributed by atoms with Gasteiger partial charge in [-0.1, -0.05) is 51.1 Å². The minimum absolute atomic E-state index is 0.0311. The topological polar surface area (TPSA) is 79.4 Å². The molecule has 1 aliphatic heterocycles. The number of nitrogens with zero attached hydrogens (tertiary/aromatic N) is 4. The molecule has 1 saturated carbocycles. The Labute approximate surface area is 200 Å². The molecular formula is C27H32N4O3. The first-order valence-electron chi connectivity index (χ1n) is 11.8. The van der Waals surface area contributed by atoms with Crippen LogP contribution in [0.1, 0.15) is 50.4 Å². The van der Waals surface area contributed by atoms with Crippen LogP contribution in [0.15, 0.2) is 58.8 Å².